The molecule has 6 nitrogen and oxygen atoms in total. The smallest absolute Gasteiger partial charge is 0.251 e. The van der Waals surface area contributed by atoms with Crippen LogP contribution in [0.2, 0.25) is 0 Å². The Bertz CT molecular complexity index is 743. The number of hydrogen-bond acceptors (Lipinski definition) is 6. The van der Waals surface area contributed by atoms with E-state index in [4.69, 9.17) is 9.47 Å². The van der Waals surface area contributed by atoms with Crippen LogP contribution in [0.5, 0.6) is 11.5 Å². The summed E-state index contributed by atoms with van der Waals surface area (Å²) < 4.78 is 10.5. The first kappa shape index (κ1) is 19.7. The molecule has 0 radical (unpaired) electrons. The van der Waals surface area contributed by atoms with Gasteiger partial charge in [0.05, 0.1) is 20.3 Å². The molecule has 1 aromatic carbocycles. The predicted molar refractivity (Wildman–Crippen MR) is 108 cm³/mol. The molecule has 2 aromatic rings. The maximum atomic E-state index is 12.7. The lowest BCUT2D eigenvalue weighted by molar-refractivity contribution is 0.0889. The number of nitrogens with one attached hydrogen (secondary N) is 1. The van der Waals surface area contributed by atoms with Gasteiger partial charge in [-0.25, -0.2) is 0 Å². The van der Waals surface area contributed by atoms with Crippen LogP contribution in [0.15, 0.2) is 35.7 Å². The maximum Gasteiger partial charge on any atom is 0.251 e. The van der Waals surface area contributed by atoms with Gasteiger partial charge in [0.1, 0.15) is 0 Å². The first-order valence-electron chi connectivity index (χ1n) is 9.08. The van der Waals surface area contributed by atoms with Crippen LogP contribution in [0.1, 0.15) is 21.3 Å². The fraction of sp³-hybridized carbons (Fsp3) is 0.450. The Kier molecular flexibility index (Phi) is 6.71. The van der Waals surface area contributed by atoms with Gasteiger partial charge in [-0.15, -0.1) is 11.3 Å². The number of nitrogens with zero attached hydrogens (tertiary/aromatic N) is 2. The predicted octanol–water partition coefficient (Wildman–Crippen LogP) is 2.48. The van der Waals surface area contributed by atoms with Gasteiger partial charge >= 0.3 is 0 Å². The monoisotopic (exact) mass is 389 g/mol. The lowest BCUT2D eigenvalue weighted by Gasteiger charge is -2.37. The van der Waals surface area contributed by atoms with Crippen molar-refractivity contribution in [3.63, 3.8) is 0 Å². The van der Waals surface area contributed by atoms with Crippen LogP contribution in [0.25, 0.3) is 0 Å². The average molecular weight is 390 g/mol. The first-order valence-corrected chi connectivity index (χ1v) is 9.96. The second kappa shape index (κ2) is 9.21. The Balaban J connectivity index is 1.69. The molecule has 27 heavy (non-hydrogen) atoms. The first-order chi connectivity index (χ1) is 13.1. The van der Waals surface area contributed by atoms with Crippen LogP contribution in [0.3, 0.4) is 0 Å². The second-order valence-electron chi connectivity index (χ2n) is 6.65. The Hall–Kier alpha value is -2.09. The van der Waals surface area contributed by atoms with Gasteiger partial charge in [0.15, 0.2) is 11.5 Å². The molecule has 1 saturated heterocycles. The van der Waals surface area contributed by atoms with Crippen LogP contribution < -0.4 is 14.8 Å². The van der Waals surface area contributed by atoms with E-state index in [1.54, 1.807) is 43.8 Å². The van der Waals surface area contributed by atoms with Gasteiger partial charge in [-0.2, -0.15) is 0 Å². The number of hydrogen-bond donors (Lipinski definition) is 1. The van der Waals surface area contributed by atoms with E-state index in [9.17, 15) is 4.79 Å². The largest absolute Gasteiger partial charge is 0.493 e. The third kappa shape index (κ3) is 4.80. The minimum absolute atomic E-state index is 0.105. The zero-order chi connectivity index (χ0) is 19.2. The van der Waals surface area contributed by atoms with Crippen LogP contribution in [-0.2, 0) is 0 Å². The molecule has 0 spiro atoms. The number of carbonyl (C=O) groups is 1. The van der Waals surface area contributed by atoms with Crippen molar-refractivity contribution in [2.75, 3.05) is 54.0 Å². The molecule has 1 N–H and O–H groups in total. The van der Waals surface area contributed by atoms with Crippen molar-refractivity contribution < 1.29 is 14.3 Å². The minimum Gasteiger partial charge on any atom is -0.493 e. The Labute approximate surface area is 164 Å². The number of benzene rings is 1. The highest BCUT2D eigenvalue weighted by Crippen LogP contribution is 2.28. The topological polar surface area (TPSA) is 54.0 Å². The zero-order valence-electron chi connectivity index (χ0n) is 16.1. The summed E-state index contributed by atoms with van der Waals surface area (Å²) in [6.45, 7) is 4.69. The molecule has 0 aliphatic carbocycles. The number of carbonyl (C=O) groups excluding carboxylic acids is 1. The van der Waals surface area contributed by atoms with Crippen molar-refractivity contribution >= 4 is 17.2 Å². The lowest BCUT2D eigenvalue weighted by Crippen LogP contribution is -2.48. The molecule has 1 atom stereocenters. The van der Waals surface area contributed by atoms with E-state index in [0.29, 0.717) is 23.6 Å². The third-order valence-electron chi connectivity index (χ3n) is 4.95. The van der Waals surface area contributed by atoms with E-state index in [1.165, 1.54) is 4.88 Å². The van der Waals surface area contributed by atoms with Crippen LogP contribution in [-0.4, -0.2) is 69.7 Å². The number of rotatable bonds is 7. The molecule has 0 bridgehead atoms. The van der Waals surface area contributed by atoms with Gasteiger partial charge in [0.2, 0.25) is 0 Å². The number of ether oxygens (including phenoxy) is 2. The summed E-state index contributed by atoms with van der Waals surface area (Å²) in [5.41, 5.74) is 0.566. The van der Waals surface area contributed by atoms with Gasteiger partial charge in [-0.1, -0.05) is 6.07 Å². The van der Waals surface area contributed by atoms with Crippen molar-refractivity contribution in [3.8, 4) is 11.5 Å². The molecular weight excluding hydrogens is 362 g/mol. The molecule has 1 aromatic heterocycles. The van der Waals surface area contributed by atoms with E-state index < -0.39 is 0 Å². The van der Waals surface area contributed by atoms with Gasteiger partial charge in [0.25, 0.3) is 5.91 Å². The standard InChI is InChI=1S/C20H27N3O3S/c1-22-8-10-23(11-9-22)16(19-5-4-12-27-19)14-21-20(24)15-6-7-17(25-2)18(13-15)26-3/h4-7,12-13,16H,8-11,14H2,1-3H3,(H,21,24). The molecule has 1 aliphatic rings. The Morgan fingerprint density at radius 3 is 2.52 bits per heavy atom. The summed E-state index contributed by atoms with van der Waals surface area (Å²) in [5, 5.41) is 5.19. The fourth-order valence-electron chi connectivity index (χ4n) is 3.29. The van der Waals surface area contributed by atoms with Crippen LogP contribution in [0.4, 0.5) is 0 Å². The number of methoxy groups -OCH3 is 2. The molecule has 0 saturated carbocycles. The van der Waals surface area contributed by atoms with Gasteiger partial charge in [0, 0.05) is 43.2 Å². The molecule has 7 heteroatoms. The van der Waals surface area contributed by atoms with Crippen molar-refractivity contribution in [1.82, 2.24) is 15.1 Å². The fourth-order valence-corrected chi connectivity index (χ4v) is 4.15. The summed E-state index contributed by atoms with van der Waals surface area (Å²) in [7, 11) is 5.30. The molecule has 3 rings (SSSR count). The minimum atomic E-state index is -0.105. The summed E-state index contributed by atoms with van der Waals surface area (Å²) in [6.07, 6.45) is 0. The highest BCUT2D eigenvalue weighted by molar-refractivity contribution is 7.10. The van der Waals surface area contributed by atoms with Gasteiger partial charge < -0.3 is 19.7 Å². The van der Waals surface area contributed by atoms with Crippen LogP contribution >= 0.6 is 11.3 Å². The number of likely N-dealkylation sites (N-methyl/N-ethyl adjacent to an activating group) is 1. The molecule has 1 fully saturated rings. The van der Waals surface area contributed by atoms with Crippen molar-refractivity contribution in [2.24, 2.45) is 0 Å². The van der Waals surface area contributed by atoms with E-state index in [1.807, 2.05) is 0 Å². The van der Waals surface area contributed by atoms with Gasteiger partial charge in [-0.3, -0.25) is 9.69 Å². The normalized spacial score (nSPS) is 16.7. The SMILES string of the molecule is COc1ccc(C(=O)NCC(c2cccs2)N2CCN(C)CC2)cc1OC. The summed E-state index contributed by atoms with van der Waals surface area (Å²) in [6, 6.07) is 9.64. The Morgan fingerprint density at radius 2 is 1.89 bits per heavy atom. The molecule has 1 unspecified atom stereocenters. The Morgan fingerprint density at radius 1 is 1.15 bits per heavy atom. The lowest BCUT2D eigenvalue weighted by atomic mass is 10.1. The average Bonchev–Trinajstić information content (AvgIpc) is 3.23. The summed E-state index contributed by atoms with van der Waals surface area (Å²) in [4.78, 5) is 18.8. The molecule has 146 valence electrons. The number of thiophene rings is 1. The highest BCUT2D eigenvalue weighted by Gasteiger charge is 2.25. The quantitative estimate of drug-likeness (QED) is 0.789. The molecule has 1 aliphatic heterocycles. The maximum absolute atomic E-state index is 12.7. The van der Waals surface area contributed by atoms with E-state index in [2.05, 4.69) is 39.7 Å². The zero-order valence-corrected chi connectivity index (χ0v) is 16.9. The number of piperazine rings is 1. The van der Waals surface area contributed by atoms with Crippen molar-refractivity contribution in [3.05, 3.63) is 46.2 Å². The van der Waals surface area contributed by atoms with E-state index in [0.717, 1.165) is 26.2 Å². The molecular formula is C20H27N3O3S. The van der Waals surface area contributed by atoms with E-state index in [-0.39, 0.29) is 11.9 Å². The molecule has 2 heterocycles. The summed E-state index contributed by atoms with van der Waals surface area (Å²) in [5.74, 6) is 1.06. The van der Waals surface area contributed by atoms with Crippen LogP contribution in [0, 0.1) is 0 Å². The van der Waals surface area contributed by atoms with Crippen molar-refractivity contribution in [1.29, 1.82) is 0 Å². The third-order valence-corrected chi connectivity index (χ3v) is 5.93. The molecule has 1 amide bonds. The highest BCUT2D eigenvalue weighted by atomic mass is 32.1. The van der Waals surface area contributed by atoms with E-state index >= 15 is 0 Å². The number of amides is 1. The second-order valence-corrected chi connectivity index (χ2v) is 7.63. The van der Waals surface area contributed by atoms with Gasteiger partial charge in [-0.05, 0) is 36.7 Å². The summed E-state index contributed by atoms with van der Waals surface area (Å²) >= 11 is 1.74. The van der Waals surface area contributed by atoms with Crippen molar-refractivity contribution in [2.45, 2.75) is 6.04 Å².